The van der Waals surface area contributed by atoms with E-state index < -0.39 is 5.82 Å². The SMILES string of the molecule is Cc1cc(C)nc(Oc2cccc(NC(=O)CCC(=O)c3ccc(F)cc3)c2)n1. The maximum absolute atomic E-state index is 12.9. The summed E-state index contributed by atoms with van der Waals surface area (Å²) in [6.07, 6.45) is 0.0472. The van der Waals surface area contributed by atoms with Crippen molar-refractivity contribution in [1.82, 2.24) is 9.97 Å². The zero-order valence-electron chi connectivity index (χ0n) is 16.1. The molecule has 0 saturated heterocycles. The van der Waals surface area contributed by atoms with E-state index in [1.807, 2.05) is 19.9 Å². The second kappa shape index (κ2) is 9.05. The van der Waals surface area contributed by atoms with E-state index >= 15 is 0 Å². The number of anilines is 1. The van der Waals surface area contributed by atoms with Crippen molar-refractivity contribution >= 4 is 17.4 Å². The molecule has 6 nitrogen and oxygen atoms in total. The van der Waals surface area contributed by atoms with Gasteiger partial charge in [-0.15, -0.1) is 0 Å². The minimum atomic E-state index is -0.410. The number of halogens is 1. The van der Waals surface area contributed by atoms with E-state index in [9.17, 15) is 14.0 Å². The molecule has 0 aliphatic rings. The van der Waals surface area contributed by atoms with Crippen LogP contribution in [0.1, 0.15) is 34.6 Å². The van der Waals surface area contributed by atoms with Crippen LogP contribution in [0.25, 0.3) is 0 Å². The van der Waals surface area contributed by atoms with Crippen molar-refractivity contribution in [2.45, 2.75) is 26.7 Å². The number of rotatable bonds is 7. The molecule has 0 radical (unpaired) electrons. The number of nitrogens with one attached hydrogen (secondary N) is 1. The first-order valence-corrected chi connectivity index (χ1v) is 9.08. The first-order valence-electron chi connectivity index (χ1n) is 9.08. The standard InChI is InChI=1S/C22H20FN3O3/c1-14-12-15(2)25-22(24-14)29-19-5-3-4-18(13-19)26-21(28)11-10-20(27)16-6-8-17(23)9-7-16/h3-9,12-13H,10-11H2,1-2H3,(H,26,28). The second-order valence-corrected chi connectivity index (χ2v) is 6.54. The van der Waals surface area contributed by atoms with E-state index in [2.05, 4.69) is 15.3 Å². The number of ether oxygens (including phenoxy) is 1. The van der Waals surface area contributed by atoms with Gasteiger partial charge in [0.1, 0.15) is 11.6 Å². The van der Waals surface area contributed by atoms with E-state index in [4.69, 9.17) is 4.74 Å². The zero-order valence-corrected chi connectivity index (χ0v) is 16.1. The lowest BCUT2D eigenvalue weighted by Gasteiger charge is -2.09. The van der Waals surface area contributed by atoms with E-state index in [0.717, 1.165) is 11.4 Å². The maximum Gasteiger partial charge on any atom is 0.322 e. The fraction of sp³-hybridized carbons (Fsp3) is 0.182. The van der Waals surface area contributed by atoms with Gasteiger partial charge in [-0.3, -0.25) is 9.59 Å². The molecule has 3 rings (SSSR count). The molecular weight excluding hydrogens is 373 g/mol. The van der Waals surface area contributed by atoms with Gasteiger partial charge in [-0.25, -0.2) is 14.4 Å². The number of carbonyl (C=O) groups excluding carboxylic acids is 2. The number of hydrogen-bond donors (Lipinski definition) is 1. The fourth-order valence-electron chi connectivity index (χ4n) is 2.71. The van der Waals surface area contributed by atoms with Crippen LogP contribution in [0.4, 0.5) is 10.1 Å². The van der Waals surface area contributed by atoms with Gasteiger partial charge in [0.2, 0.25) is 5.91 Å². The maximum atomic E-state index is 12.9. The fourth-order valence-corrected chi connectivity index (χ4v) is 2.71. The Morgan fingerprint density at radius 2 is 1.66 bits per heavy atom. The van der Waals surface area contributed by atoms with Crippen LogP contribution in [0.2, 0.25) is 0 Å². The summed E-state index contributed by atoms with van der Waals surface area (Å²) in [6, 6.07) is 14.2. The van der Waals surface area contributed by atoms with Gasteiger partial charge in [-0.05, 0) is 56.3 Å². The van der Waals surface area contributed by atoms with Crippen LogP contribution in [-0.2, 0) is 4.79 Å². The Morgan fingerprint density at radius 1 is 0.966 bits per heavy atom. The molecule has 1 heterocycles. The number of aryl methyl sites for hydroxylation is 2. The average molecular weight is 393 g/mol. The van der Waals surface area contributed by atoms with Gasteiger partial charge in [0.25, 0.3) is 0 Å². The molecule has 0 atom stereocenters. The lowest BCUT2D eigenvalue weighted by atomic mass is 10.1. The number of carbonyl (C=O) groups is 2. The van der Waals surface area contributed by atoms with Crippen LogP contribution in [0.3, 0.4) is 0 Å². The summed E-state index contributed by atoms with van der Waals surface area (Å²) < 4.78 is 18.6. The topological polar surface area (TPSA) is 81.2 Å². The lowest BCUT2D eigenvalue weighted by Crippen LogP contribution is -2.13. The van der Waals surface area contributed by atoms with Crippen LogP contribution in [0.15, 0.2) is 54.6 Å². The number of nitrogens with zero attached hydrogens (tertiary/aromatic N) is 2. The highest BCUT2D eigenvalue weighted by molar-refractivity contribution is 6.00. The lowest BCUT2D eigenvalue weighted by molar-refractivity contribution is -0.116. The second-order valence-electron chi connectivity index (χ2n) is 6.54. The van der Waals surface area contributed by atoms with Crippen LogP contribution in [-0.4, -0.2) is 21.7 Å². The predicted octanol–water partition coefficient (Wildman–Crippen LogP) is 4.63. The van der Waals surface area contributed by atoms with E-state index in [1.165, 1.54) is 24.3 Å². The molecule has 0 saturated carbocycles. The Hall–Kier alpha value is -3.61. The number of benzene rings is 2. The molecule has 2 aromatic carbocycles. The van der Waals surface area contributed by atoms with Crippen molar-refractivity contribution in [1.29, 1.82) is 0 Å². The molecule has 1 N–H and O–H groups in total. The van der Waals surface area contributed by atoms with E-state index in [0.29, 0.717) is 17.0 Å². The Balaban J connectivity index is 1.57. The number of hydrogen-bond acceptors (Lipinski definition) is 5. The molecule has 1 aromatic heterocycles. The predicted molar refractivity (Wildman–Crippen MR) is 107 cm³/mol. The van der Waals surface area contributed by atoms with Crippen molar-refractivity contribution in [2.75, 3.05) is 5.32 Å². The third kappa shape index (κ3) is 5.93. The molecule has 0 fully saturated rings. The smallest absolute Gasteiger partial charge is 0.322 e. The number of Topliss-reactive ketones (excluding diaryl/α,β-unsaturated/α-hetero) is 1. The summed E-state index contributed by atoms with van der Waals surface area (Å²) in [4.78, 5) is 32.7. The molecule has 0 unspecified atom stereocenters. The highest BCUT2D eigenvalue weighted by Crippen LogP contribution is 2.22. The first-order chi connectivity index (χ1) is 13.9. The number of ketones is 1. The highest BCUT2D eigenvalue weighted by atomic mass is 19.1. The molecule has 1 amide bonds. The summed E-state index contributed by atoms with van der Waals surface area (Å²) in [7, 11) is 0. The Morgan fingerprint density at radius 3 is 2.34 bits per heavy atom. The van der Waals surface area contributed by atoms with Crippen molar-refractivity contribution in [3.05, 3.63) is 77.4 Å². The summed E-state index contributed by atoms with van der Waals surface area (Å²) in [6.45, 7) is 3.71. The quantitative estimate of drug-likeness (QED) is 0.592. The molecule has 148 valence electrons. The summed E-state index contributed by atoms with van der Waals surface area (Å²) >= 11 is 0. The normalized spacial score (nSPS) is 10.4. The first kappa shape index (κ1) is 20.1. The Kier molecular flexibility index (Phi) is 6.29. The van der Waals surface area contributed by atoms with Gasteiger partial charge in [-0.2, -0.15) is 0 Å². The van der Waals surface area contributed by atoms with E-state index in [-0.39, 0.29) is 30.5 Å². The van der Waals surface area contributed by atoms with Crippen LogP contribution >= 0.6 is 0 Å². The molecule has 7 heteroatoms. The largest absolute Gasteiger partial charge is 0.424 e. The van der Waals surface area contributed by atoms with Gasteiger partial charge in [0.05, 0.1) is 0 Å². The Bertz CT molecular complexity index is 1020. The third-order valence-electron chi connectivity index (χ3n) is 4.03. The third-order valence-corrected chi connectivity index (χ3v) is 4.03. The molecule has 3 aromatic rings. The summed E-state index contributed by atoms with van der Waals surface area (Å²) in [5.74, 6) is -0.452. The van der Waals surface area contributed by atoms with Crippen molar-refractivity contribution in [3.63, 3.8) is 0 Å². The molecule has 0 spiro atoms. The molecule has 29 heavy (non-hydrogen) atoms. The minimum Gasteiger partial charge on any atom is -0.424 e. The zero-order chi connectivity index (χ0) is 20.8. The van der Waals surface area contributed by atoms with E-state index in [1.54, 1.807) is 24.3 Å². The number of amides is 1. The average Bonchev–Trinajstić information content (AvgIpc) is 2.66. The van der Waals surface area contributed by atoms with Gasteiger partial charge in [-0.1, -0.05) is 6.07 Å². The Labute approximate surface area is 167 Å². The summed E-state index contributed by atoms with van der Waals surface area (Å²) in [5, 5.41) is 2.73. The molecular formula is C22H20FN3O3. The molecule has 0 bridgehead atoms. The minimum absolute atomic E-state index is 0.0154. The highest BCUT2D eigenvalue weighted by Gasteiger charge is 2.11. The van der Waals surface area contributed by atoms with Gasteiger partial charge < -0.3 is 10.1 Å². The van der Waals surface area contributed by atoms with Gasteiger partial charge in [0, 0.05) is 41.5 Å². The van der Waals surface area contributed by atoms with Crippen molar-refractivity contribution in [2.24, 2.45) is 0 Å². The van der Waals surface area contributed by atoms with Gasteiger partial charge in [0.15, 0.2) is 5.78 Å². The number of aromatic nitrogens is 2. The van der Waals surface area contributed by atoms with Crippen molar-refractivity contribution in [3.8, 4) is 11.8 Å². The molecule has 0 aliphatic carbocycles. The van der Waals surface area contributed by atoms with Crippen LogP contribution in [0, 0.1) is 19.7 Å². The van der Waals surface area contributed by atoms with Gasteiger partial charge >= 0.3 is 6.01 Å². The summed E-state index contributed by atoms with van der Waals surface area (Å²) in [5.41, 5.74) is 2.50. The molecule has 0 aliphatic heterocycles. The monoisotopic (exact) mass is 393 g/mol. The van der Waals surface area contributed by atoms with Crippen LogP contribution in [0.5, 0.6) is 11.8 Å². The van der Waals surface area contributed by atoms with Crippen molar-refractivity contribution < 1.29 is 18.7 Å². The van der Waals surface area contributed by atoms with Crippen LogP contribution < -0.4 is 10.1 Å².